The van der Waals surface area contributed by atoms with Gasteiger partial charge in [-0.05, 0) is 43.4 Å². The van der Waals surface area contributed by atoms with Crippen molar-refractivity contribution in [2.24, 2.45) is 10.9 Å². The Balaban J connectivity index is 1.68. The summed E-state index contributed by atoms with van der Waals surface area (Å²) < 4.78 is 0. The Kier molecular flexibility index (Phi) is 3.93. The standard InChI is InChI=1S/C23H23N/c1-16-12-17(2)14-21(13-16)22-11-10-19-8-9-20(15-23(19)24-22)18-6-4-3-5-7-18/h3-9,12-15,19,23H,10-11H2,1-2H3. The normalized spacial score (nSPS) is 22.6. The van der Waals surface area contributed by atoms with Crippen LogP contribution in [0.3, 0.4) is 0 Å². The number of nitrogens with zero attached hydrogens (tertiary/aromatic N) is 1. The van der Waals surface area contributed by atoms with Crippen LogP contribution < -0.4 is 0 Å². The van der Waals surface area contributed by atoms with Gasteiger partial charge in [0, 0.05) is 11.6 Å². The molecular weight excluding hydrogens is 290 g/mol. The molecule has 0 fully saturated rings. The molecule has 0 aromatic heterocycles. The molecule has 0 saturated carbocycles. The van der Waals surface area contributed by atoms with Gasteiger partial charge in [0.1, 0.15) is 0 Å². The third-order valence-electron chi connectivity index (χ3n) is 4.99. The molecule has 4 rings (SSSR count). The predicted octanol–water partition coefficient (Wildman–Crippen LogP) is 5.52. The molecule has 1 heterocycles. The van der Waals surface area contributed by atoms with E-state index in [0.717, 1.165) is 6.42 Å². The first-order valence-corrected chi connectivity index (χ1v) is 8.80. The molecule has 0 N–H and O–H groups in total. The minimum absolute atomic E-state index is 0.273. The van der Waals surface area contributed by atoms with Crippen LogP contribution in [-0.2, 0) is 0 Å². The maximum Gasteiger partial charge on any atom is 0.0755 e. The number of benzene rings is 2. The average Bonchev–Trinajstić information content (AvgIpc) is 2.61. The molecule has 2 unspecified atom stereocenters. The molecule has 0 radical (unpaired) electrons. The first-order chi connectivity index (χ1) is 11.7. The highest BCUT2D eigenvalue weighted by Gasteiger charge is 2.26. The summed E-state index contributed by atoms with van der Waals surface area (Å²) in [5, 5.41) is 0. The maximum absolute atomic E-state index is 5.12. The van der Waals surface area contributed by atoms with Gasteiger partial charge in [-0.25, -0.2) is 0 Å². The summed E-state index contributed by atoms with van der Waals surface area (Å²) in [7, 11) is 0. The van der Waals surface area contributed by atoms with E-state index in [-0.39, 0.29) is 6.04 Å². The zero-order valence-corrected chi connectivity index (χ0v) is 14.4. The molecular formula is C23H23N. The van der Waals surface area contributed by atoms with Gasteiger partial charge in [-0.15, -0.1) is 0 Å². The van der Waals surface area contributed by atoms with Crippen molar-refractivity contribution in [3.8, 4) is 0 Å². The first kappa shape index (κ1) is 15.1. The van der Waals surface area contributed by atoms with Gasteiger partial charge in [0.15, 0.2) is 0 Å². The second-order valence-corrected chi connectivity index (χ2v) is 6.99. The molecule has 1 aliphatic heterocycles. The monoisotopic (exact) mass is 313 g/mol. The number of allylic oxidation sites excluding steroid dienone is 2. The van der Waals surface area contributed by atoms with E-state index in [1.54, 1.807) is 0 Å². The Morgan fingerprint density at radius 1 is 0.917 bits per heavy atom. The number of aliphatic imine (C=N–C) groups is 1. The van der Waals surface area contributed by atoms with Crippen LogP contribution in [-0.4, -0.2) is 11.8 Å². The quantitative estimate of drug-likeness (QED) is 0.692. The summed E-state index contributed by atoms with van der Waals surface area (Å²) in [5.41, 5.74) is 7.78. The van der Waals surface area contributed by atoms with E-state index in [1.807, 2.05) is 0 Å². The predicted molar refractivity (Wildman–Crippen MR) is 103 cm³/mol. The van der Waals surface area contributed by atoms with Crippen LogP contribution >= 0.6 is 0 Å². The molecule has 0 bridgehead atoms. The summed E-state index contributed by atoms with van der Waals surface area (Å²) >= 11 is 0. The SMILES string of the molecule is Cc1cc(C)cc(C2=NC3C=C(c4ccccc4)C=CC3CC2)c1. The van der Waals surface area contributed by atoms with Gasteiger partial charge < -0.3 is 0 Å². The lowest BCUT2D eigenvalue weighted by Gasteiger charge is -2.29. The molecule has 1 nitrogen and oxygen atoms in total. The van der Waals surface area contributed by atoms with Crippen LogP contribution in [0.5, 0.6) is 0 Å². The first-order valence-electron chi connectivity index (χ1n) is 8.80. The van der Waals surface area contributed by atoms with Crippen LogP contribution in [0.1, 0.15) is 35.1 Å². The lowest BCUT2D eigenvalue weighted by atomic mass is 9.82. The number of aryl methyl sites for hydroxylation is 2. The Morgan fingerprint density at radius 3 is 2.42 bits per heavy atom. The van der Waals surface area contributed by atoms with Gasteiger partial charge in [-0.3, -0.25) is 4.99 Å². The Bertz CT molecular complexity index is 819. The number of hydrogen-bond acceptors (Lipinski definition) is 1. The van der Waals surface area contributed by atoms with Crippen molar-refractivity contribution in [2.75, 3.05) is 0 Å². The molecule has 1 heteroatoms. The zero-order chi connectivity index (χ0) is 16.5. The third-order valence-corrected chi connectivity index (χ3v) is 4.99. The number of fused-ring (bicyclic) bond motifs is 1. The number of hydrogen-bond donors (Lipinski definition) is 0. The Labute approximate surface area is 144 Å². The van der Waals surface area contributed by atoms with Crippen molar-refractivity contribution in [3.05, 3.63) is 89.0 Å². The van der Waals surface area contributed by atoms with Crippen LogP contribution in [0.4, 0.5) is 0 Å². The van der Waals surface area contributed by atoms with Crippen LogP contribution in [0, 0.1) is 19.8 Å². The van der Waals surface area contributed by atoms with E-state index in [1.165, 1.54) is 40.0 Å². The molecule has 1 aliphatic carbocycles. The molecule has 0 saturated heterocycles. The van der Waals surface area contributed by atoms with E-state index in [4.69, 9.17) is 4.99 Å². The van der Waals surface area contributed by atoms with Gasteiger partial charge in [-0.2, -0.15) is 0 Å². The van der Waals surface area contributed by atoms with Crippen LogP contribution in [0.15, 0.2) is 71.8 Å². The smallest absolute Gasteiger partial charge is 0.0755 e. The van der Waals surface area contributed by atoms with Gasteiger partial charge in [0.2, 0.25) is 0 Å². The molecule has 24 heavy (non-hydrogen) atoms. The van der Waals surface area contributed by atoms with Crippen molar-refractivity contribution in [1.82, 2.24) is 0 Å². The molecule has 0 spiro atoms. The second-order valence-electron chi connectivity index (χ2n) is 6.99. The fourth-order valence-corrected chi connectivity index (χ4v) is 3.84. The summed E-state index contributed by atoms with van der Waals surface area (Å²) in [6.45, 7) is 4.33. The maximum atomic E-state index is 5.12. The third kappa shape index (κ3) is 2.99. The fourth-order valence-electron chi connectivity index (χ4n) is 3.84. The molecule has 0 amide bonds. The van der Waals surface area contributed by atoms with Gasteiger partial charge in [-0.1, -0.05) is 77.9 Å². The summed E-state index contributed by atoms with van der Waals surface area (Å²) in [4.78, 5) is 5.12. The van der Waals surface area contributed by atoms with Crippen LogP contribution in [0.25, 0.3) is 5.57 Å². The lowest BCUT2D eigenvalue weighted by molar-refractivity contribution is 0.519. The highest BCUT2D eigenvalue weighted by molar-refractivity contribution is 6.01. The fraction of sp³-hybridized carbons (Fsp3) is 0.261. The summed E-state index contributed by atoms with van der Waals surface area (Å²) in [6.07, 6.45) is 9.24. The lowest BCUT2D eigenvalue weighted by Crippen LogP contribution is -2.25. The Hall–Kier alpha value is -2.41. The Morgan fingerprint density at radius 2 is 1.67 bits per heavy atom. The van der Waals surface area contributed by atoms with E-state index in [2.05, 4.69) is 80.6 Å². The zero-order valence-electron chi connectivity index (χ0n) is 14.4. The van der Waals surface area contributed by atoms with Gasteiger partial charge in [0.05, 0.1) is 6.04 Å². The van der Waals surface area contributed by atoms with Crippen molar-refractivity contribution in [1.29, 1.82) is 0 Å². The van der Waals surface area contributed by atoms with Crippen molar-refractivity contribution >= 4 is 11.3 Å². The van der Waals surface area contributed by atoms with Gasteiger partial charge >= 0.3 is 0 Å². The van der Waals surface area contributed by atoms with Crippen molar-refractivity contribution < 1.29 is 0 Å². The highest BCUT2D eigenvalue weighted by Crippen LogP contribution is 2.33. The highest BCUT2D eigenvalue weighted by atomic mass is 14.8. The minimum Gasteiger partial charge on any atom is -0.281 e. The molecule has 2 atom stereocenters. The summed E-state index contributed by atoms with van der Waals surface area (Å²) in [5.74, 6) is 0.548. The molecule has 2 aromatic rings. The van der Waals surface area contributed by atoms with Crippen LogP contribution in [0.2, 0.25) is 0 Å². The van der Waals surface area contributed by atoms with Gasteiger partial charge in [0.25, 0.3) is 0 Å². The second kappa shape index (κ2) is 6.24. The number of rotatable bonds is 2. The average molecular weight is 313 g/mol. The van der Waals surface area contributed by atoms with E-state index < -0.39 is 0 Å². The molecule has 2 aliphatic rings. The van der Waals surface area contributed by atoms with Crippen molar-refractivity contribution in [2.45, 2.75) is 32.7 Å². The van der Waals surface area contributed by atoms with Crippen molar-refractivity contribution in [3.63, 3.8) is 0 Å². The van der Waals surface area contributed by atoms with E-state index in [9.17, 15) is 0 Å². The molecule has 2 aromatic carbocycles. The van der Waals surface area contributed by atoms with E-state index in [0.29, 0.717) is 5.92 Å². The van der Waals surface area contributed by atoms with E-state index >= 15 is 0 Å². The molecule has 120 valence electrons. The topological polar surface area (TPSA) is 12.4 Å². The minimum atomic E-state index is 0.273. The largest absolute Gasteiger partial charge is 0.281 e. The summed E-state index contributed by atoms with van der Waals surface area (Å²) in [6, 6.07) is 17.7.